The van der Waals surface area contributed by atoms with E-state index in [4.69, 9.17) is 4.74 Å². The average molecular weight is 527 g/mol. The number of aryl methyl sites for hydroxylation is 1. The number of rotatable bonds is 8. The average Bonchev–Trinajstić information content (AvgIpc) is 2.96. The largest absolute Gasteiger partial charge is 0.484 e. The highest BCUT2D eigenvalue weighted by Crippen LogP contribution is 2.34. The lowest BCUT2D eigenvalue weighted by Crippen LogP contribution is -2.60. The third kappa shape index (κ3) is 6.39. The maximum absolute atomic E-state index is 12.9. The number of fused-ring (bicyclic) bond motifs is 1. The molecule has 6 nitrogen and oxygen atoms in total. The van der Waals surface area contributed by atoms with Crippen LogP contribution in [0.5, 0.6) is 5.75 Å². The van der Waals surface area contributed by atoms with E-state index in [2.05, 4.69) is 84.4 Å². The van der Waals surface area contributed by atoms with Crippen molar-refractivity contribution in [3.63, 3.8) is 0 Å². The molecule has 2 aliphatic heterocycles. The lowest BCUT2D eigenvalue weighted by atomic mass is 9.97. The summed E-state index contributed by atoms with van der Waals surface area (Å²) in [5.74, 6) is 1.38. The number of carbonyl (C=O) groups excluding carboxylic acids is 1. The van der Waals surface area contributed by atoms with Crippen molar-refractivity contribution < 1.29 is 9.53 Å². The fraction of sp³-hybridized carbons (Fsp3) is 0.424. The van der Waals surface area contributed by atoms with Crippen LogP contribution in [-0.4, -0.2) is 60.7 Å². The molecule has 5 rings (SSSR count). The fourth-order valence-electron chi connectivity index (χ4n) is 5.79. The third-order valence-electron chi connectivity index (χ3n) is 8.01. The van der Waals surface area contributed by atoms with E-state index in [9.17, 15) is 4.79 Å². The molecule has 0 spiro atoms. The van der Waals surface area contributed by atoms with Crippen molar-refractivity contribution in [3.05, 3.63) is 89.5 Å². The molecule has 2 unspecified atom stereocenters. The zero-order valence-corrected chi connectivity index (χ0v) is 23.8. The van der Waals surface area contributed by atoms with Gasteiger partial charge in [-0.2, -0.15) is 0 Å². The molecule has 1 amide bonds. The Morgan fingerprint density at radius 1 is 0.923 bits per heavy atom. The molecule has 39 heavy (non-hydrogen) atoms. The van der Waals surface area contributed by atoms with Gasteiger partial charge >= 0.3 is 0 Å². The summed E-state index contributed by atoms with van der Waals surface area (Å²) < 4.78 is 5.76. The van der Waals surface area contributed by atoms with Crippen molar-refractivity contribution in [3.8, 4) is 5.75 Å². The van der Waals surface area contributed by atoms with Crippen molar-refractivity contribution in [2.24, 2.45) is 5.92 Å². The van der Waals surface area contributed by atoms with Gasteiger partial charge in [0, 0.05) is 50.1 Å². The summed E-state index contributed by atoms with van der Waals surface area (Å²) >= 11 is 0. The Labute approximate surface area is 233 Å². The molecule has 206 valence electrons. The number of carbonyl (C=O) groups is 1. The highest BCUT2D eigenvalue weighted by molar-refractivity contribution is 5.78. The van der Waals surface area contributed by atoms with Crippen LogP contribution in [0.3, 0.4) is 0 Å². The number of para-hydroxylation sites is 2. The van der Waals surface area contributed by atoms with Crippen LogP contribution in [0.15, 0.2) is 72.8 Å². The van der Waals surface area contributed by atoms with Crippen LogP contribution >= 0.6 is 0 Å². The SMILES string of the molecule is Cc1ccc(OCC(=O)N2CCN(C(C)C3Nc4ccccc4CN3c3ccccc3CC(C)C)CC2)cc1. The molecule has 2 atom stereocenters. The molecular formula is C33H42N4O2. The molecule has 0 saturated carbocycles. The first kappa shape index (κ1) is 27.1. The standard InChI is InChI=1S/C33H42N4O2/c1-24(2)21-27-9-6-8-12-31(27)37-22-28-10-5-7-11-30(28)34-33(37)26(4)35-17-19-36(20-18-35)32(38)23-39-29-15-13-25(3)14-16-29/h5-16,24,26,33-34H,17-23H2,1-4H3. The monoisotopic (exact) mass is 526 g/mol. The molecule has 3 aromatic rings. The first-order valence-electron chi connectivity index (χ1n) is 14.3. The minimum absolute atomic E-state index is 0.0526. The summed E-state index contributed by atoms with van der Waals surface area (Å²) in [5, 5.41) is 3.88. The Kier molecular flexibility index (Phi) is 8.41. The number of nitrogens with zero attached hydrogens (tertiary/aromatic N) is 3. The minimum Gasteiger partial charge on any atom is -0.484 e. The van der Waals surface area contributed by atoms with Gasteiger partial charge in [-0.05, 0) is 61.6 Å². The zero-order valence-electron chi connectivity index (χ0n) is 23.8. The van der Waals surface area contributed by atoms with E-state index in [0.717, 1.165) is 31.8 Å². The normalized spacial score (nSPS) is 18.4. The highest BCUT2D eigenvalue weighted by Gasteiger charge is 2.35. The summed E-state index contributed by atoms with van der Waals surface area (Å²) in [5.41, 5.74) is 6.43. The summed E-state index contributed by atoms with van der Waals surface area (Å²) in [6.45, 7) is 13.0. The first-order valence-corrected chi connectivity index (χ1v) is 14.3. The molecule has 2 aliphatic rings. The molecule has 2 heterocycles. The second kappa shape index (κ2) is 12.1. The molecule has 1 fully saturated rings. The van der Waals surface area contributed by atoms with E-state index < -0.39 is 0 Å². The Morgan fingerprint density at radius 2 is 1.62 bits per heavy atom. The van der Waals surface area contributed by atoms with Gasteiger partial charge in [0.1, 0.15) is 11.9 Å². The Bertz CT molecular complexity index is 1250. The fourth-order valence-corrected chi connectivity index (χ4v) is 5.79. The van der Waals surface area contributed by atoms with Crippen LogP contribution in [0, 0.1) is 12.8 Å². The van der Waals surface area contributed by atoms with Gasteiger partial charge in [0.2, 0.25) is 0 Å². The number of ether oxygens (including phenoxy) is 1. The smallest absolute Gasteiger partial charge is 0.260 e. The summed E-state index contributed by atoms with van der Waals surface area (Å²) in [4.78, 5) is 19.9. The van der Waals surface area contributed by atoms with Gasteiger partial charge in [-0.1, -0.05) is 67.9 Å². The van der Waals surface area contributed by atoms with Crippen LogP contribution in [0.2, 0.25) is 0 Å². The molecule has 6 heteroatoms. The molecule has 1 N–H and O–H groups in total. The quantitative estimate of drug-likeness (QED) is 0.416. The maximum atomic E-state index is 12.9. The maximum Gasteiger partial charge on any atom is 0.260 e. The van der Waals surface area contributed by atoms with Crippen LogP contribution in [0.25, 0.3) is 0 Å². The summed E-state index contributed by atoms with van der Waals surface area (Å²) in [6, 6.07) is 25.6. The molecule has 3 aromatic carbocycles. The number of piperazine rings is 1. The van der Waals surface area contributed by atoms with Crippen LogP contribution in [0.4, 0.5) is 11.4 Å². The van der Waals surface area contributed by atoms with Gasteiger partial charge in [-0.3, -0.25) is 9.69 Å². The van der Waals surface area contributed by atoms with Crippen molar-refractivity contribution in [1.29, 1.82) is 0 Å². The van der Waals surface area contributed by atoms with Gasteiger partial charge in [0.05, 0.1) is 0 Å². The third-order valence-corrected chi connectivity index (χ3v) is 8.01. The Balaban J connectivity index is 1.27. The predicted molar refractivity (Wildman–Crippen MR) is 159 cm³/mol. The van der Waals surface area contributed by atoms with Gasteiger partial charge in [0.25, 0.3) is 5.91 Å². The number of anilines is 2. The van der Waals surface area contributed by atoms with Crippen molar-refractivity contribution in [2.75, 3.05) is 43.0 Å². The van der Waals surface area contributed by atoms with Gasteiger partial charge in [-0.15, -0.1) is 0 Å². The van der Waals surface area contributed by atoms with E-state index in [1.165, 1.54) is 28.1 Å². The van der Waals surface area contributed by atoms with Crippen LogP contribution < -0.4 is 15.0 Å². The molecular weight excluding hydrogens is 484 g/mol. The predicted octanol–water partition coefficient (Wildman–Crippen LogP) is 5.56. The second-order valence-electron chi connectivity index (χ2n) is 11.4. The summed E-state index contributed by atoms with van der Waals surface area (Å²) in [6.07, 6.45) is 1.18. The van der Waals surface area contributed by atoms with Crippen molar-refractivity contribution in [2.45, 2.75) is 52.9 Å². The van der Waals surface area contributed by atoms with Gasteiger partial charge in [0.15, 0.2) is 6.61 Å². The second-order valence-corrected chi connectivity index (χ2v) is 11.4. The highest BCUT2D eigenvalue weighted by atomic mass is 16.5. The molecule has 0 aromatic heterocycles. The van der Waals surface area contributed by atoms with E-state index in [-0.39, 0.29) is 24.7 Å². The lowest BCUT2D eigenvalue weighted by Gasteiger charge is -2.48. The zero-order chi connectivity index (χ0) is 27.4. The van der Waals surface area contributed by atoms with E-state index >= 15 is 0 Å². The number of benzene rings is 3. The van der Waals surface area contributed by atoms with Crippen molar-refractivity contribution in [1.82, 2.24) is 9.80 Å². The number of nitrogens with one attached hydrogen (secondary N) is 1. The van der Waals surface area contributed by atoms with Gasteiger partial charge < -0.3 is 19.9 Å². The lowest BCUT2D eigenvalue weighted by molar-refractivity contribution is -0.135. The topological polar surface area (TPSA) is 48.1 Å². The van der Waals surface area contributed by atoms with E-state index in [1.54, 1.807) is 0 Å². The minimum atomic E-state index is 0.0526. The number of hydrogen-bond acceptors (Lipinski definition) is 5. The van der Waals surface area contributed by atoms with Crippen LogP contribution in [0.1, 0.15) is 37.5 Å². The van der Waals surface area contributed by atoms with Crippen molar-refractivity contribution >= 4 is 17.3 Å². The molecule has 0 bridgehead atoms. The molecule has 1 saturated heterocycles. The van der Waals surface area contributed by atoms with E-state index in [1.807, 2.05) is 36.1 Å². The first-order chi connectivity index (χ1) is 18.9. The Morgan fingerprint density at radius 3 is 2.36 bits per heavy atom. The Hall–Kier alpha value is -3.51. The van der Waals surface area contributed by atoms with Crippen LogP contribution in [-0.2, 0) is 17.8 Å². The molecule has 0 aliphatic carbocycles. The summed E-state index contributed by atoms with van der Waals surface area (Å²) in [7, 11) is 0. The molecule has 0 radical (unpaired) electrons. The van der Waals surface area contributed by atoms with Gasteiger partial charge in [-0.25, -0.2) is 0 Å². The van der Waals surface area contributed by atoms with E-state index in [0.29, 0.717) is 19.0 Å². The number of hydrogen-bond donors (Lipinski definition) is 1. The number of amides is 1.